The van der Waals surface area contributed by atoms with Crippen LogP contribution in [0, 0.1) is 5.92 Å². The predicted molar refractivity (Wildman–Crippen MR) is 125 cm³/mol. The van der Waals surface area contributed by atoms with Crippen LogP contribution >= 0.6 is 0 Å². The average Bonchev–Trinajstić information content (AvgIpc) is 3.60. The maximum atomic E-state index is 13.9. The summed E-state index contributed by atoms with van der Waals surface area (Å²) >= 11 is 0. The molecule has 5 rings (SSSR count). The van der Waals surface area contributed by atoms with Gasteiger partial charge in [0.25, 0.3) is 11.8 Å². The van der Waals surface area contributed by atoms with E-state index in [1.807, 2.05) is 5.32 Å². The van der Waals surface area contributed by atoms with E-state index in [1.54, 1.807) is 0 Å². The lowest BCUT2D eigenvalue weighted by atomic mass is 9.81. The molecule has 222 valence electrons. The molecule has 0 radical (unpaired) electrons. The smallest absolute Gasteiger partial charge is 0.363 e. The number of aromatic nitrogens is 4. The molecular formula is C24H24F7N7O3. The zero-order chi connectivity index (χ0) is 29.7. The van der Waals surface area contributed by atoms with Crippen LogP contribution in [0.1, 0.15) is 66.0 Å². The standard InChI is InChI=1S/C24H24F7N7O3/c1-22(25,26)19-14(11-41-36-19)20(39)35-18(13-2-4-23(27,28)5-3-13)15-9-38-17(33-15)6-12(7-32-38)8-37-10-16(24(29,30)31)34-21(37)40/h6-7,9,11,13,16,18H,2-5,8,10H2,1H3,(H,34,40)(H,35,39)/t16-,18?/m0/s1. The Bertz CT molecular complexity index is 1440. The zero-order valence-electron chi connectivity index (χ0n) is 21.4. The number of amides is 3. The fourth-order valence-electron chi connectivity index (χ4n) is 5.06. The molecule has 0 spiro atoms. The normalized spacial score (nSPS) is 20.8. The van der Waals surface area contributed by atoms with Crippen LogP contribution in [-0.4, -0.2) is 61.3 Å². The molecule has 41 heavy (non-hydrogen) atoms. The summed E-state index contributed by atoms with van der Waals surface area (Å²) in [7, 11) is 0. The van der Waals surface area contributed by atoms with Gasteiger partial charge in [0.1, 0.15) is 17.9 Å². The van der Waals surface area contributed by atoms with Crippen molar-refractivity contribution in [3.8, 4) is 0 Å². The van der Waals surface area contributed by atoms with Crippen molar-refractivity contribution in [3.63, 3.8) is 0 Å². The number of nitrogens with one attached hydrogen (secondary N) is 2. The van der Waals surface area contributed by atoms with Crippen molar-refractivity contribution in [3.05, 3.63) is 47.2 Å². The van der Waals surface area contributed by atoms with Gasteiger partial charge in [-0.15, -0.1) is 0 Å². The highest BCUT2D eigenvalue weighted by Crippen LogP contribution is 2.41. The number of carbonyl (C=O) groups excluding carboxylic acids is 2. The van der Waals surface area contributed by atoms with E-state index in [0.717, 1.165) is 11.2 Å². The van der Waals surface area contributed by atoms with E-state index in [-0.39, 0.29) is 30.7 Å². The van der Waals surface area contributed by atoms with Crippen molar-refractivity contribution in [1.82, 2.24) is 35.3 Å². The highest BCUT2D eigenvalue weighted by molar-refractivity contribution is 5.95. The molecule has 2 N–H and O–H groups in total. The number of hydrogen-bond donors (Lipinski definition) is 2. The van der Waals surface area contributed by atoms with E-state index < -0.39 is 78.6 Å². The summed E-state index contributed by atoms with van der Waals surface area (Å²) in [5, 5.41) is 11.9. The second-order valence-corrected chi connectivity index (χ2v) is 10.4. The summed E-state index contributed by atoms with van der Waals surface area (Å²) in [4.78, 5) is 30.5. The van der Waals surface area contributed by atoms with Crippen LogP contribution in [0.25, 0.3) is 5.65 Å². The maximum absolute atomic E-state index is 13.9. The largest absolute Gasteiger partial charge is 0.410 e. The first-order chi connectivity index (χ1) is 19.1. The van der Waals surface area contributed by atoms with Crippen molar-refractivity contribution in [2.24, 2.45) is 5.92 Å². The predicted octanol–water partition coefficient (Wildman–Crippen LogP) is 4.58. The van der Waals surface area contributed by atoms with E-state index in [9.17, 15) is 40.3 Å². The van der Waals surface area contributed by atoms with Gasteiger partial charge in [0.15, 0.2) is 11.3 Å². The summed E-state index contributed by atoms with van der Waals surface area (Å²) in [6.45, 7) is -0.235. The molecule has 0 bridgehead atoms. The van der Waals surface area contributed by atoms with E-state index in [2.05, 4.69) is 25.1 Å². The van der Waals surface area contributed by atoms with Crippen molar-refractivity contribution in [2.75, 3.05) is 6.54 Å². The molecule has 1 saturated heterocycles. The lowest BCUT2D eigenvalue weighted by Crippen LogP contribution is -2.40. The average molecular weight is 591 g/mol. The number of rotatable bonds is 7. The molecule has 1 saturated carbocycles. The molecule has 2 fully saturated rings. The fourth-order valence-corrected chi connectivity index (χ4v) is 5.06. The van der Waals surface area contributed by atoms with Gasteiger partial charge in [-0.25, -0.2) is 23.1 Å². The number of hydrogen-bond acceptors (Lipinski definition) is 6. The van der Waals surface area contributed by atoms with Crippen LogP contribution in [0.5, 0.6) is 0 Å². The number of carbonyl (C=O) groups is 2. The van der Waals surface area contributed by atoms with Crippen molar-refractivity contribution in [2.45, 2.75) is 69.3 Å². The Morgan fingerprint density at radius 3 is 2.59 bits per heavy atom. The van der Waals surface area contributed by atoms with Gasteiger partial charge in [-0.2, -0.15) is 27.1 Å². The van der Waals surface area contributed by atoms with Gasteiger partial charge >= 0.3 is 12.2 Å². The van der Waals surface area contributed by atoms with Gasteiger partial charge in [-0.3, -0.25) is 4.79 Å². The second-order valence-electron chi connectivity index (χ2n) is 10.4. The van der Waals surface area contributed by atoms with Crippen LogP contribution in [0.2, 0.25) is 0 Å². The molecule has 17 heteroatoms. The van der Waals surface area contributed by atoms with Crippen molar-refractivity contribution >= 4 is 17.6 Å². The van der Waals surface area contributed by atoms with E-state index in [0.29, 0.717) is 12.5 Å². The molecule has 3 amide bonds. The Morgan fingerprint density at radius 2 is 1.95 bits per heavy atom. The van der Waals surface area contributed by atoms with E-state index in [4.69, 9.17) is 0 Å². The first-order valence-corrected chi connectivity index (χ1v) is 12.6. The van der Waals surface area contributed by atoms with Crippen LogP contribution < -0.4 is 10.6 Å². The summed E-state index contributed by atoms with van der Waals surface area (Å²) in [5.41, 5.74) is -0.631. The minimum atomic E-state index is -4.60. The van der Waals surface area contributed by atoms with Gasteiger partial charge < -0.3 is 20.1 Å². The summed E-state index contributed by atoms with van der Waals surface area (Å²) < 4.78 is 101. The first kappa shape index (κ1) is 28.6. The minimum Gasteiger partial charge on any atom is -0.363 e. The molecule has 3 aromatic heterocycles. The van der Waals surface area contributed by atoms with Gasteiger partial charge in [0.05, 0.1) is 30.7 Å². The number of halogens is 7. The van der Waals surface area contributed by atoms with Crippen molar-refractivity contribution < 1.29 is 44.8 Å². The van der Waals surface area contributed by atoms with Crippen LogP contribution in [0.3, 0.4) is 0 Å². The Labute approximate surface area is 227 Å². The zero-order valence-corrected chi connectivity index (χ0v) is 21.4. The monoisotopic (exact) mass is 591 g/mol. The molecule has 1 unspecified atom stereocenters. The molecule has 2 atom stereocenters. The topological polar surface area (TPSA) is 118 Å². The van der Waals surface area contributed by atoms with Gasteiger partial charge in [0, 0.05) is 26.3 Å². The highest BCUT2D eigenvalue weighted by atomic mass is 19.4. The Morgan fingerprint density at radius 1 is 1.24 bits per heavy atom. The molecule has 0 aromatic carbocycles. The third-order valence-electron chi connectivity index (χ3n) is 7.22. The van der Waals surface area contributed by atoms with Crippen LogP contribution in [0.15, 0.2) is 29.2 Å². The molecule has 4 heterocycles. The number of urea groups is 1. The number of alkyl halides is 7. The van der Waals surface area contributed by atoms with Gasteiger partial charge in [-0.05, 0) is 30.4 Å². The second kappa shape index (κ2) is 10.2. The number of nitrogens with zero attached hydrogens (tertiary/aromatic N) is 5. The van der Waals surface area contributed by atoms with Crippen LogP contribution in [-0.2, 0) is 12.5 Å². The van der Waals surface area contributed by atoms with Crippen molar-refractivity contribution in [1.29, 1.82) is 0 Å². The number of fused-ring (bicyclic) bond motifs is 1. The van der Waals surface area contributed by atoms with E-state index in [1.165, 1.54) is 23.0 Å². The quantitative estimate of drug-likeness (QED) is 0.389. The molecule has 3 aromatic rings. The lowest BCUT2D eigenvalue weighted by Gasteiger charge is -2.33. The molecule has 2 aliphatic rings. The highest BCUT2D eigenvalue weighted by Gasteiger charge is 2.47. The minimum absolute atomic E-state index is 0.00930. The third-order valence-corrected chi connectivity index (χ3v) is 7.22. The summed E-state index contributed by atoms with van der Waals surface area (Å²) in [5.74, 6) is -7.85. The third kappa shape index (κ3) is 6.07. The number of imidazole rings is 1. The Kier molecular flexibility index (Phi) is 7.09. The first-order valence-electron chi connectivity index (χ1n) is 12.6. The Hall–Kier alpha value is -3.92. The summed E-state index contributed by atoms with van der Waals surface area (Å²) in [6, 6.07) is -2.39. The fraction of sp³-hybridized carbons (Fsp3) is 0.542. The molecule has 1 aliphatic heterocycles. The maximum Gasteiger partial charge on any atom is 0.410 e. The molecular weight excluding hydrogens is 567 g/mol. The Balaban J connectivity index is 1.40. The van der Waals surface area contributed by atoms with Crippen LogP contribution in [0.4, 0.5) is 35.5 Å². The SMILES string of the molecule is CC(F)(F)c1nocc1C(=O)NC(c1cn2ncc(CN3C[C@@H](C(F)(F)F)NC3=O)cc2n1)C1CCC(F)(F)CC1. The van der Waals surface area contributed by atoms with Gasteiger partial charge in [-0.1, -0.05) is 5.16 Å². The van der Waals surface area contributed by atoms with E-state index >= 15 is 0 Å². The lowest BCUT2D eigenvalue weighted by molar-refractivity contribution is -0.149. The summed E-state index contributed by atoms with van der Waals surface area (Å²) in [6.07, 6.45) is -1.94. The molecule has 10 nitrogen and oxygen atoms in total. The molecule has 1 aliphatic carbocycles. The van der Waals surface area contributed by atoms with Gasteiger partial charge in [0.2, 0.25) is 5.92 Å².